The Morgan fingerprint density at radius 3 is 2.28 bits per heavy atom. The van der Waals surface area contributed by atoms with E-state index in [2.05, 4.69) is 20.4 Å². The van der Waals surface area contributed by atoms with E-state index in [1.54, 1.807) is 0 Å². The van der Waals surface area contributed by atoms with E-state index in [0.29, 0.717) is 30.7 Å². The van der Waals surface area contributed by atoms with E-state index in [9.17, 15) is 9.59 Å². The summed E-state index contributed by atoms with van der Waals surface area (Å²) in [5.41, 5.74) is 0.993. The van der Waals surface area contributed by atoms with Gasteiger partial charge in [0.05, 0.1) is 13.1 Å². The van der Waals surface area contributed by atoms with Gasteiger partial charge in [-0.15, -0.1) is 0 Å². The Hall–Kier alpha value is -1.63. The number of nitrogens with one attached hydrogen (secondary N) is 2. The molecule has 1 aliphatic heterocycles. The van der Waals surface area contributed by atoms with Gasteiger partial charge in [0.15, 0.2) is 0 Å². The zero-order valence-electron chi connectivity index (χ0n) is 14.3. The molecule has 6 nitrogen and oxygen atoms in total. The van der Waals surface area contributed by atoms with Crippen LogP contribution >= 0.6 is 11.6 Å². The molecule has 3 rings (SSSR count). The van der Waals surface area contributed by atoms with Crippen molar-refractivity contribution in [3.63, 3.8) is 0 Å². The van der Waals surface area contributed by atoms with Crippen LogP contribution < -0.4 is 10.6 Å². The Kier molecular flexibility index (Phi) is 6.29. The number of rotatable bonds is 7. The van der Waals surface area contributed by atoms with Crippen LogP contribution in [0.4, 0.5) is 0 Å². The number of hydrogen-bond donors (Lipinski definition) is 2. The largest absolute Gasteiger partial charge is 0.352 e. The van der Waals surface area contributed by atoms with Crippen molar-refractivity contribution in [2.75, 3.05) is 39.3 Å². The number of amides is 2. The number of carbonyl (C=O) groups is 2. The van der Waals surface area contributed by atoms with E-state index < -0.39 is 0 Å². The van der Waals surface area contributed by atoms with Gasteiger partial charge in [-0.2, -0.15) is 0 Å². The van der Waals surface area contributed by atoms with Crippen LogP contribution in [0.5, 0.6) is 0 Å². The normalized spacial score (nSPS) is 18.8. The first-order valence-electron chi connectivity index (χ1n) is 8.84. The first kappa shape index (κ1) is 18.2. The molecule has 0 aromatic heterocycles. The summed E-state index contributed by atoms with van der Waals surface area (Å²) >= 11 is 5.94. The van der Waals surface area contributed by atoms with Crippen LogP contribution in [0.15, 0.2) is 24.3 Å². The first-order valence-corrected chi connectivity index (χ1v) is 9.21. The number of hydrogen-bond acceptors (Lipinski definition) is 4. The molecule has 1 aromatic carbocycles. The van der Waals surface area contributed by atoms with Crippen molar-refractivity contribution in [3.8, 4) is 0 Å². The molecule has 0 atom stereocenters. The highest BCUT2D eigenvalue weighted by Gasteiger charge is 2.25. The van der Waals surface area contributed by atoms with E-state index in [4.69, 9.17) is 11.6 Å². The molecule has 1 aromatic rings. The molecule has 2 amide bonds. The zero-order valence-corrected chi connectivity index (χ0v) is 15.1. The molecule has 1 heterocycles. The third kappa shape index (κ3) is 6.30. The van der Waals surface area contributed by atoms with Crippen molar-refractivity contribution in [2.24, 2.45) is 0 Å². The molecule has 0 radical (unpaired) electrons. The second-order valence-electron chi connectivity index (χ2n) is 6.80. The number of piperazine rings is 1. The quantitative estimate of drug-likeness (QED) is 0.753. The summed E-state index contributed by atoms with van der Waals surface area (Å²) < 4.78 is 0. The summed E-state index contributed by atoms with van der Waals surface area (Å²) in [4.78, 5) is 28.2. The van der Waals surface area contributed by atoms with Crippen molar-refractivity contribution >= 4 is 23.4 Å². The Labute approximate surface area is 153 Å². The number of halogens is 1. The molecule has 2 fully saturated rings. The fourth-order valence-electron chi connectivity index (χ4n) is 2.92. The molecule has 25 heavy (non-hydrogen) atoms. The molecule has 2 N–H and O–H groups in total. The fourth-order valence-corrected chi connectivity index (χ4v) is 3.13. The second kappa shape index (κ2) is 8.65. The summed E-state index contributed by atoms with van der Waals surface area (Å²) in [6, 6.07) is 7.90. The number of nitrogens with zero attached hydrogens (tertiary/aromatic N) is 2. The predicted molar refractivity (Wildman–Crippen MR) is 97.3 cm³/mol. The maximum Gasteiger partial charge on any atom is 0.234 e. The van der Waals surface area contributed by atoms with Crippen molar-refractivity contribution in [3.05, 3.63) is 34.9 Å². The molecule has 0 bridgehead atoms. The van der Waals surface area contributed by atoms with Crippen molar-refractivity contribution < 1.29 is 9.59 Å². The fraction of sp³-hybridized carbons (Fsp3) is 0.556. The average Bonchev–Trinajstić information content (AvgIpc) is 3.39. The van der Waals surface area contributed by atoms with Gasteiger partial charge in [-0.1, -0.05) is 23.7 Å². The summed E-state index contributed by atoms with van der Waals surface area (Å²) in [7, 11) is 0. The highest BCUT2D eigenvalue weighted by molar-refractivity contribution is 6.30. The van der Waals surface area contributed by atoms with Gasteiger partial charge in [0.25, 0.3) is 0 Å². The molecule has 2 aliphatic rings. The van der Waals surface area contributed by atoms with Gasteiger partial charge in [0.1, 0.15) is 0 Å². The second-order valence-corrected chi connectivity index (χ2v) is 7.24. The number of benzene rings is 1. The van der Waals surface area contributed by atoms with Crippen LogP contribution in [0.25, 0.3) is 0 Å². The predicted octanol–water partition coefficient (Wildman–Crippen LogP) is 0.852. The minimum atomic E-state index is 0.0138. The first-order chi connectivity index (χ1) is 12.1. The summed E-state index contributed by atoms with van der Waals surface area (Å²) in [5.74, 6) is 0.134. The van der Waals surface area contributed by atoms with Crippen LogP contribution in [0.2, 0.25) is 5.02 Å². The summed E-state index contributed by atoms with van der Waals surface area (Å²) in [6.45, 7) is 4.59. The molecule has 1 saturated heterocycles. The highest BCUT2D eigenvalue weighted by Crippen LogP contribution is 2.18. The average molecular weight is 365 g/mol. The lowest BCUT2D eigenvalue weighted by Gasteiger charge is -2.33. The number of carbonyl (C=O) groups excluding carboxylic acids is 2. The molecule has 1 aliphatic carbocycles. The Morgan fingerprint density at radius 2 is 1.68 bits per heavy atom. The molecule has 7 heteroatoms. The van der Waals surface area contributed by atoms with E-state index in [-0.39, 0.29) is 11.8 Å². The van der Waals surface area contributed by atoms with Crippen LogP contribution in [-0.4, -0.2) is 66.9 Å². The molecule has 1 saturated carbocycles. The molecule has 0 spiro atoms. The third-order valence-corrected chi connectivity index (χ3v) is 4.76. The minimum Gasteiger partial charge on any atom is -0.352 e. The monoisotopic (exact) mass is 364 g/mol. The van der Waals surface area contributed by atoms with Gasteiger partial charge in [-0.3, -0.25) is 19.4 Å². The highest BCUT2D eigenvalue weighted by atomic mass is 35.5. The standard InChI is InChI=1S/C18H25ClN4O2/c19-15-3-1-2-14(10-15)11-20-17(24)12-22-6-8-23(9-7-22)13-18(25)21-16-4-5-16/h1-3,10,16H,4-9,11-13H2,(H,20,24)(H,21,25). The van der Waals surface area contributed by atoms with Gasteiger partial charge in [-0.25, -0.2) is 0 Å². The minimum absolute atomic E-state index is 0.0138. The van der Waals surface area contributed by atoms with Crippen LogP contribution in [-0.2, 0) is 16.1 Å². The van der Waals surface area contributed by atoms with Gasteiger partial charge in [-0.05, 0) is 30.5 Å². The topological polar surface area (TPSA) is 64.7 Å². The van der Waals surface area contributed by atoms with Gasteiger partial charge in [0.2, 0.25) is 11.8 Å². The van der Waals surface area contributed by atoms with Crippen LogP contribution in [0.1, 0.15) is 18.4 Å². The zero-order chi connectivity index (χ0) is 17.6. The molecule has 0 unspecified atom stereocenters. The van der Waals surface area contributed by atoms with Crippen molar-refractivity contribution in [1.29, 1.82) is 0 Å². The summed E-state index contributed by atoms with van der Waals surface area (Å²) in [5, 5.41) is 6.62. The Bertz CT molecular complexity index is 613. The van der Waals surface area contributed by atoms with E-state index in [1.165, 1.54) is 0 Å². The van der Waals surface area contributed by atoms with Gasteiger partial charge in [0, 0.05) is 43.8 Å². The summed E-state index contributed by atoms with van der Waals surface area (Å²) in [6.07, 6.45) is 2.23. The molecular formula is C18H25ClN4O2. The van der Waals surface area contributed by atoms with E-state index in [0.717, 1.165) is 44.6 Å². The lowest BCUT2D eigenvalue weighted by atomic mass is 10.2. The lowest BCUT2D eigenvalue weighted by molar-refractivity contribution is -0.125. The van der Waals surface area contributed by atoms with Crippen LogP contribution in [0, 0.1) is 0 Å². The van der Waals surface area contributed by atoms with Crippen LogP contribution in [0.3, 0.4) is 0 Å². The van der Waals surface area contributed by atoms with Gasteiger partial charge >= 0.3 is 0 Å². The van der Waals surface area contributed by atoms with Gasteiger partial charge < -0.3 is 10.6 Å². The SMILES string of the molecule is O=C(CN1CCN(CC(=O)NC2CC2)CC1)NCc1cccc(Cl)c1. The Balaban J connectivity index is 1.32. The maximum absolute atomic E-state index is 12.1. The third-order valence-electron chi connectivity index (χ3n) is 4.52. The maximum atomic E-state index is 12.1. The van der Waals surface area contributed by atoms with E-state index in [1.807, 2.05) is 24.3 Å². The molecular weight excluding hydrogens is 340 g/mol. The van der Waals surface area contributed by atoms with Crippen molar-refractivity contribution in [2.45, 2.75) is 25.4 Å². The van der Waals surface area contributed by atoms with Crippen molar-refractivity contribution in [1.82, 2.24) is 20.4 Å². The lowest BCUT2D eigenvalue weighted by Crippen LogP contribution is -2.51. The molecule has 136 valence electrons. The Morgan fingerprint density at radius 1 is 1.04 bits per heavy atom. The smallest absolute Gasteiger partial charge is 0.234 e. The van der Waals surface area contributed by atoms with E-state index >= 15 is 0 Å².